The molecule has 1 rings (SSSR count). The number of pyridine rings is 1. The van der Waals surface area contributed by atoms with Gasteiger partial charge in [-0.25, -0.2) is 9.78 Å². The first-order valence-corrected chi connectivity index (χ1v) is 5.83. The fraction of sp³-hybridized carbons (Fsp3) is 0.500. The molecule has 1 aromatic rings. The van der Waals surface area contributed by atoms with Crippen LogP contribution in [0.2, 0.25) is 0 Å². The van der Waals surface area contributed by atoms with Crippen molar-refractivity contribution in [3.05, 3.63) is 17.8 Å². The van der Waals surface area contributed by atoms with E-state index in [9.17, 15) is 18.0 Å². The van der Waals surface area contributed by atoms with Crippen molar-refractivity contribution in [2.75, 3.05) is 24.3 Å². The summed E-state index contributed by atoms with van der Waals surface area (Å²) < 4.78 is 42.2. The molecular weight excluding hydrogens is 275 g/mol. The van der Waals surface area contributed by atoms with Crippen LogP contribution in [-0.2, 0) is 4.74 Å². The molecule has 0 radical (unpaired) electrons. The van der Waals surface area contributed by atoms with Crippen LogP contribution in [0.25, 0.3) is 0 Å². The van der Waals surface area contributed by atoms with Crippen LogP contribution < -0.4 is 10.6 Å². The van der Waals surface area contributed by atoms with Crippen LogP contribution in [-0.4, -0.2) is 36.8 Å². The largest absolute Gasteiger partial charge is 0.465 e. The lowest BCUT2D eigenvalue weighted by Crippen LogP contribution is -2.39. The van der Waals surface area contributed by atoms with Crippen molar-refractivity contribution in [1.29, 1.82) is 0 Å². The van der Waals surface area contributed by atoms with E-state index in [1.54, 1.807) is 13.8 Å². The number of alkyl halides is 3. The molecule has 0 aliphatic heterocycles. The number of nitrogens with two attached hydrogens (primary N) is 1. The van der Waals surface area contributed by atoms with Crippen LogP contribution in [0.1, 0.15) is 24.2 Å². The maximum absolute atomic E-state index is 12.6. The van der Waals surface area contributed by atoms with Crippen LogP contribution in [0.5, 0.6) is 0 Å². The number of anilines is 2. The Morgan fingerprint density at radius 3 is 2.55 bits per heavy atom. The maximum atomic E-state index is 12.6. The van der Waals surface area contributed by atoms with E-state index in [0.717, 1.165) is 18.2 Å². The van der Waals surface area contributed by atoms with E-state index in [-0.39, 0.29) is 17.1 Å². The summed E-state index contributed by atoms with van der Waals surface area (Å²) in [6.07, 6.45) is -3.23. The Balaban J connectivity index is 3.18. The zero-order valence-electron chi connectivity index (χ0n) is 11.4. The number of ether oxygens (including phenoxy) is 1. The predicted octanol–water partition coefficient (Wildman–Crippen LogP) is 2.23. The number of rotatable bonds is 4. The molecule has 1 aromatic heterocycles. The van der Waals surface area contributed by atoms with Crippen LogP contribution in [0.15, 0.2) is 12.3 Å². The number of carbonyl (C=O) groups is 1. The third-order valence-corrected chi connectivity index (χ3v) is 2.59. The molecule has 0 spiro atoms. The molecule has 0 bridgehead atoms. The molecule has 0 atom stereocenters. The topological polar surface area (TPSA) is 68.5 Å². The summed E-state index contributed by atoms with van der Waals surface area (Å²) >= 11 is 0. The number of nitrogen functional groups attached to an aromatic ring is 1. The lowest BCUT2D eigenvalue weighted by atomic mass is 10.2. The number of halogens is 3. The van der Waals surface area contributed by atoms with E-state index in [1.165, 1.54) is 6.07 Å². The lowest BCUT2D eigenvalue weighted by molar-refractivity contribution is -0.120. The number of methoxy groups -OCH3 is 1. The number of hydrogen-bond acceptors (Lipinski definition) is 5. The van der Waals surface area contributed by atoms with Gasteiger partial charge in [-0.2, -0.15) is 13.2 Å². The summed E-state index contributed by atoms with van der Waals surface area (Å²) in [7, 11) is 1.16. The minimum absolute atomic E-state index is 0.00896. The Kier molecular flexibility index (Phi) is 4.80. The van der Waals surface area contributed by atoms with Gasteiger partial charge in [-0.05, 0) is 19.9 Å². The first-order chi connectivity index (χ1) is 9.15. The Bertz CT molecular complexity index is 489. The van der Waals surface area contributed by atoms with Crippen molar-refractivity contribution in [3.8, 4) is 0 Å². The van der Waals surface area contributed by atoms with Crippen molar-refractivity contribution in [2.45, 2.75) is 26.1 Å². The van der Waals surface area contributed by atoms with Crippen molar-refractivity contribution in [2.24, 2.45) is 0 Å². The normalized spacial score (nSPS) is 11.6. The van der Waals surface area contributed by atoms with Crippen molar-refractivity contribution < 1.29 is 22.7 Å². The zero-order chi connectivity index (χ0) is 15.5. The zero-order valence-corrected chi connectivity index (χ0v) is 11.4. The molecule has 5 nitrogen and oxygen atoms in total. The summed E-state index contributed by atoms with van der Waals surface area (Å²) in [6, 6.07) is 0.755. The van der Waals surface area contributed by atoms with E-state index >= 15 is 0 Å². The summed E-state index contributed by atoms with van der Waals surface area (Å²) in [6.45, 7) is 2.03. The van der Waals surface area contributed by atoms with Crippen LogP contribution in [0, 0.1) is 0 Å². The van der Waals surface area contributed by atoms with E-state index in [4.69, 9.17) is 5.73 Å². The SMILES string of the molecule is COC(=O)c1cc(N(CC(F)(F)F)C(C)C)ncc1N. The monoisotopic (exact) mass is 291 g/mol. The van der Waals surface area contributed by atoms with E-state index in [0.29, 0.717) is 0 Å². The molecule has 0 aliphatic rings. The van der Waals surface area contributed by atoms with Gasteiger partial charge in [0.15, 0.2) is 0 Å². The van der Waals surface area contributed by atoms with Gasteiger partial charge in [-0.1, -0.05) is 0 Å². The summed E-state index contributed by atoms with van der Waals surface area (Å²) in [5.41, 5.74) is 5.61. The highest BCUT2D eigenvalue weighted by atomic mass is 19.4. The van der Waals surface area contributed by atoms with Gasteiger partial charge in [0.25, 0.3) is 0 Å². The molecule has 0 saturated heterocycles. The third-order valence-electron chi connectivity index (χ3n) is 2.59. The minimum Gasteiger partial charge on any atom is -0.465 e. The molecule has 2 N–H and O–H groups in total. The molecule has 20 heavy (non-hydrogen) atoms. The second-order valence-electron chi connectivity index (χ2n) is 4.46. The molecule has 0 fully saturated rings. The molecule has 8 heteroatoms. The minimum atomic E-state index is -4.38. The van der Waals surface area contributed by atoms with E-state index in [1.807, 2.05) is 0 Å². The van der Waals surface area contributed by atoms with Crippen molar-refractivity contribution in [1.82, 2.24) is 4.98 Å². The maximum Gasteiger partial charge on any atom is 0.405 e. The van der Waals surface area contributed by atoms with Gasteiger partial charge >= 0.3 is 12.1 Å². The molecule has 1 heterocycles. The predicted molar refractivity (Wildman–Crippen MR) is 68.5 cm³/mol. The molecule has 0 aromatic carbocycles. The second kappa shape index (κ2) is 5.98. The van der Waals surface area contributed by atoms with E-state index in [2.05, 4.69) is 9.72 Å². The van der Waals surface area contributed by atoms with Crippen LogP contribution >= 0.6 is 0 Å². The third kappa shape index (κ3) is 4.01. The Hall–Kier alpha value is -1.99. The number of esters is 1. The molecule has 0 amide bonds. The Morgan fingerprint density at radius 1 is 1.50 bits per heavy atom. The summed E-state index contributed by atoms with van der Waals surface area (Å²) in [4.78, 5) is 16.4. The summed E-state index contributed by atoms with van der Waals surface area (Å²) in [5, 5.41) is 0. The first kappa shape index (κ1) is 16.1. The van der Waals surface area contributed by atoms with Gasteiger partial charge in [-0.3, -0.25) is 0 Å². The summed E-state index contributed by atoms with van der Waals surface area (Å²) in [5.74, 6) is -0.700. The second-order valence-corrected chi connectivity index (χ2v) is 4.46. The van der Waals surface area contributed by atoms with Crippen LogP contribution in [0.4, 0.5) is 24.7 Å². The molecule has 0 unspecified atom stereocenters. The van der Waals surface area contributed by atoms with Crippen molar-refractivity contribution >= 4 is 17.5 Å². The highest BCUT2D eigenvalue weighted by Crippen LogP contribution is 2.25. The van der Waals surface area contributed by atoms with Gasteiger partial charge in [0.05, 0.1) is 24.6 Å². The van der Waals surface area contributed by atoms with Gasteiger partial charge in [0.1, 0.15) is 12.4 Å². The Morgan fingerprint density at radius 2 is 2.10 bits per heavy atom. The smallest absolute Gasteiger partial charge is 0.405 e. The average Bonchev–Trinajstić information content (AvgIpc) is 2.34. The fourth-order valence-electron chi connectivity index (χ4n) is 1.62. The number of nitrogens with zero attached hydrogens (tertiary/aromatic N) is 2. The number of carbonyl (C=O) groups excluding carboxylic acids is 1. The molecular formula is C12H16F3N3O2. The highest BCUT2D eigenvalue weighted by Gasteiger charge is 2.33. The van der Waals surface area contributed by atoms with Crippen LogP contribution in [0.3, 0.4) is 0 Å². The molecule has 0 aliphatic carbocycles. The average molecular weight is 291 g/mol. The van der Waals surface area contributed by atoms with Gasteiger partial charge < -0.3 is 15.4 Å². The molecule has 112 valence electrons. The van der Waals surface area contributed by atoms with Gasteiger partial charge in [0.2, 0.25) is 0 Å². The van der Waals surface area contributed by atoms with Gasteiger partial charge in [-0.15, -0.1) is 0 Å². The Labute approximate surface area is 114 Å². The first-order valence-electron chi connectivity index (χ1n) is 5.83. The number of aromatic nitrogens is 1. The van der Waals surface area contributed by atoms with Crippen molar-refractivity contribution in [3.63, 3.8) is 0 Å². The highest BCUT2D eigenvalue weighted by molar-refractivity contribution is 5.95. The quantitative estimate of drug-likeness (QED) is 0.862. The molecule has 0 saturated carbocycles. The number of hydrogen-bond donors (Lipinski definition) is 1. The fourth-order valence-corrected chi connectivity index (χ4v) is 1.62. The van der Waals surface area contributed by atoms with E-state index < -0.39 is 24.7 Å². The lowest BCUT2D eigenvalue weighted by Gasteiger charge is -2.29. The standard InChI is InChI=1S/C12H16F3N3O2/c1-7(2)18(6-12(13,14)15)10-4-8(11(19)20-3)9(16)5-17-10/h4-5,7H,6,16H2,1-3H3. The van der Waals surface area contributed by atoms with Gasteiger partial charge in [0, 0.05) is 6.04 Å².